The molecule has 0 spiro atoms. The highest BCUT2D eigenvalue weighted by atomic mass is 16.2. The fourth-order valence-electron chi connectivity index (χ4n) is 2.57. The van der Waals surface area contributed by atoms with E-state index in [-0.39, 0.29) is 30.4 Å². The number of nitrogens with two attached hydrogens (primary N) is 1. The van der Waals surface area contributed by atoms with Gasteiger partial charge >= 0.3 is 0 Å². The predicted molar refractivity (Wildman–Crippen MR) is 70.9 cm³/mol. The molecular weight excluding hydrogens is 230 g/mol. The summed E-state index contributed by atoms with van der Waals surface area (Å²) < 4.78 is 0. The maximum absolute atomic E-state index is 11.8. The smallest absolute Gasteiger partial charge is 0.236 e. The molecule has 0 aliphatic carbocycles. The van der Waals surface area contributed by atoms with Gasteiger partial charge in [0.1, 0.15) is 0 Å². The van der Waals surface area contributed by atoms with Gasteiger partial charge in [-0.3, -0.25) is 9.59 Å². The van der Waals surface area contributed by atoms with Gasteiger partial charge in [-0.05, 0) is 33.1 Å². The van der Waals surface area contributed by atoms with E-state index in [4.69, 9.17) is 5.73 Å². The van der Waals surface area contributed by atoms with Crippen LogP contribution in [0.25, 0.3) is 0 Å². The van der Waals surface area contributed by atoms with E-state index in [2.05, 4.69) is 0 Å². The van der Waals surface area contributed by atoms with E-state index in [1.807, 2.05) is 23.6 Å². The number of rotatable bonds is 4. The molecule has 1 fully saturated rings. The van der Waals surface area contributed by atoms with E-state index in [0.717, 1.165) is 25.8 Å². The highest BCUT2D eigenvalue weighted by molar-refractivity contribution is 5.78. The molecule has 1 aliphatic heterocycles. The van der Waals surface area contributed by atoms with E-state index in [1.54, 1.807) is 6.92 Å². The number of likely N-dealkylation sites (tertiary alicyclic amines) is 1. The Balaban J connectivity index is 2.71. The first-order chi connectivity index (χ1) is 8.47. The van der Waals surface area contributed by atoms with Crippen LogP contribution in [0.5, 0.6) is 0 Å². The average Bonchev–Trinajstić information content (AvgIpc) is 2.34. The molecule has 0 aromatic heterocycles. The summed E-state index contributed by atoms with van der Waals surface area (Å²) in [6.07, 6.45) is 3.11. The molecule has 5 nitrogen and oxygen atoms in total. The third-order valence-electron chi connectivity index (χ3n) is 3.56. The van der Waals surface area contributed by atoms with Crippen molar-refractivity contribution in [3.63, 3.8) is 0 Å². The molecule has 1 saturated heterocycles. The first-order valence-electron chi connectivity index (χ1n) is 6.74. The third-order valence-corrected chi connectivity index (χ3v) is 3.56. The summed E-state index contributed by atoms with van der Waals surface area (Å²) in [6.45, 7) is 7.03. The largest absolute Gasteiger partial charge is 0.338 e. The van der Waals surface area contributed by atoms with Gasteiger partial charge < -0.3 is 15.5 Å². The van der Waals surface area contributed by atoms with Gasteiger partial charge in [0.15, 0.2) is 0 Å². The topological polar surface area (TPSA) is 66.6 Å². The van der Waals surface area contributed by atoms with Crippen LogP contribution in [-0.2, 0) is 9.59 Å². The van der Waals surface area contributed by atoms with Crippen LogP contribution in [0.2, 0.25) is 0 Å². The molecule has 104 valence electrons. The maximum Gasteiger partial charge on any atom is 0.236 e. The zero-order valence-corrected chi connectivity index (χ0v) is 11.7. The lowest BCUT2D eigenvalue weighted by Gasteiger charge is -2.39. The van der Waals surface area contributed by atoms with Crippen molar-refractivity contribution in [1.29, 1.82) is 0 Å². The molecule has 2 N–H and O–H groups in total. The van der Waals surface area contributed by atoms with Gasteiger partial charge in [-0.2, -0.15) is 0 Å². The Hall–Kier alpha value is -1.10. The summed E-state index contributed by atoms with van der Waals surface area (Å²) in [6, 6.07) is 0.292. The molecule has 5 heteroatoms. The second-order valence-electron chi connectivity index (χ2n) is 5.21. The van der Waals surface area contributed by atoms with Gasteiger partial charge in [-0.1, -0.05) is 0 Å². The van der Waals surface area contributed by atoms with Crippen LogP contribution >= 0.6 is 0 Å². The molecule has 0 bridgehead atoms. The fraction of sp³-hybridized carbons (Fsp3) is 0.846. The van der Waals surface area contributed by atoms with Crippen molar-refractivity contribution in [2.75, 3.05) is 19.6 Å². The third kappa shape index (κ3) is 3.70. The van der Waals surface area contributed by atoms with E-state index >= 15 is 0 Å². The number of carbonyl (C=O) groups excluding carboxylic acids is 2. The first kappa shape index (κ1) is 15.0. The van der Waals surface area contributed by atoms with Crippen LogP contribution in [0, 0.1) is 0 Å². The summed E-state index contributed by atoms with van der Waals surface area (Å²) in [7, 11) is 0. The summed E-state index contributed by atoms with van der Waals surface area (Å²) in [4.78, 5) is 27.1. The second-order valence-corrected chi connectivity index (χ2v) is 5.21. The number of piperidine rings is 1. The normalized spacial score (nSPS) is 20.1. The lowest BCUT2D eigenvalue weighted by atomic mass is 10.0. The molecule has 2 amide bonds. The molecule has 1 unspecified atom stereocenters. The van der Waals surface area contributed by atoms with Gasteiger partial charge in [-0.15, -0.1) is 0 Å². The Morgan fingerprint density at radius 3 is 2.56 bits per heavy atom. The molecule has 0 aromatic carbocycles. The van der Waals surface area contributed by atoms with E-state index in [9.17, 15) is 9.59 Å². The summed E-state index contributed by atoms with van der Waals surface area (Å²) in [5.41, 5.74) is 5.44. The average molecular weight is 255 g/mol. The number of hydrogen-bond donors (Lipinski definition) is 1. The van der Waals surface area contributed by atoms with Gasteiger partial charge in [-0.25, -0.2) is 0 Å². The summed E-state index contributed by atoms with van der Waals surface area (Å²) in [5, 5.41) is 0. The van der Waals surface area contributed by atoms with Crippen molar-refractivity contribution in [2.24, 2.45) is 5.73 Å². The molecule has 0 aromatic rings. The van der Waals surface area contributed by atoms with Gasteiger partial charge in [0.2, 0.25) is 11.8 Å². The minimum atomic E-state index is -0.00745. The Kier molecular flexibility index (Phi) is 5.59. The van der Waals surface area contributed by atoms with Crippen molar-refractivity contribution in [1.82, 2.24) is 9.80 Å². The zero-order valence-electron chi connectivity index (χ0n) is 11.7. The molecular formula is C13H25N3O2. The molecule has 0 saturated carbocycles. The fourth-order valence-corrected chi connectivity index (χ4v) is 2.57. The van der Waals surface area contributed by atoms with Crippen LogP contribution in [0.3, 0.4) is 0 Å². The van der Waals surface area contributed by atoms with Crippen molar-refractivity contribution in [3.05, 3.63) is 0 Å². The number of carbonyl (C=O) groups is 2. The zero-order chi connectivity index (χ0) is 13.7. The van der Waals surface area contributed by atoms with E-state index in [0.29, 0.717) is 6.54 Å². The Morgan fingerprint density at radius 1 is 1.39 bits per heavy atom. The van der Waals surface area contributed by atoms with Gasteiger partial charge in [0.05, 0.1) is 6.54 Å². The molecule has 18 heavy (non-hydrogen) atoms. The lowest BCUT2D eigenvalue weighted by Crippen LogP contribution is -2.53. The highest BCUT2D eigenvalue weighted by Gasteiger charge is 2.28. The van der Waals surface area contributed by atoms with Crippen molar-refractivity contribution in [2.45, 2.75) is 52.1 Å². The molecule has 1 aliphatic rings. The Morgan fingerprint density at radius 2 is 2.06 bits per heavy atom. The van der Waals surface area contributed by atoms with Crippen molar-refractivity contribution in [3.8, 4) is 0 Å². The van der Waals surface area contributed by atoms with Crippen LogP contribution in [0.15, 0.2) is 0 Å². The first-order valence-corrected chi connectivity index (χ1v) is 6.74. The van der Waals surface area contributed by atoms with Crippen LogP contribution in [0.4, 0.5) is 0 Å². The minimum Gasteiger partial charge on any atom is -0.338 e. The Bertz CT molecular complexity index is 305. The van der Waals surface area contributed by atoms with Crippen LogP contribution in [0.1, 0.15) is 40.0 Å². The van der Waals surface area contributed by atoms with Gasteiger partial charge in [0, 0.05) is 32.1 Å². The Labute approximate surface area is 109 Å². The number of hydrogen-bond acceptors (Lipinski definition) is 3. The predicted octanol–water partition coefficient (Wildman–Crippen LogP) is 0.583. The SMILES string of the molecule is CC(=O)N(CC1CCCCN1C(=O)CN)C(C)C. The summed E-state index contributed by atoms with van der Waals surface area (Å²) in [5.74, 6) is 0.0580. The van der Waals surface area contributed by atoms with Crippen molar-refractivity contribution < 1.29 is 9.59 Å². The molecule has 0 radical (unpaired) electrons. The highest BCUT2D eigenvalue weighted by Crippen LogP contribution is 2.19. The second kappa shape index (κ2) is 6.73. The molecule has 1 heterocycles. The number of nitrogens with zero attached hydrogens (tertiary/aromatic N) is 2. The van der Waals surface area contributed by atoms with Gasteiger partial charge in [0.25, 0.3) is 0 Å². The van der Waals surface area contributed by atoms with E-state index < -0.39 is 0 Å². The maximum atomic E-state index is 11.8. The standard InChI is InChI=1S/C13H25N3O2/c1-10(2)16(11(3)17)9-12-6-4-5-7-15(12)13(18)8-14/h10,12H,4-9,14H2,1-3H3. The van der Waals surface area contributed by atoms with E-state index in [1.165, 1.54) is 0 Å². The number of amides is 2. The van der Waals surface area contributed by atoms with Crippen LogP contribution < -0.4 is 5.73 Å². The summed E-state index contributed by atoms with van der Waals surface area (Å²) >= 11 is 0. The van der Waals surface area contributed by atoms with Crippen LogP contribution in [-0.4, -0.2) is 53.3 Å². The lowest BCUT2D eigenvalue weighted by molar-refractivity contribution is -0.138. The minimum absolute atomic E-state index is 0.00745. The molecule has 1 rings (SSSR count). The quantitative estimate of drug-likeness (QED) is 0.799. The van der Waals surface area contributed by atoms with Crippen molar-refractivity contribution >= 4 is 11.8 Å². The monoisotopic (exact) mass is 255 g/mol. The molecule has 1 atom stereocenters.